The Morgan fingerprint density at radius 1 is 1.24 bits per heavy atom. The summed E-state index contributed by atoms with van der Waals surface area (Å²) in [6, 6.07) is 11.4. The van der Waals surface area contributed by atoms with E-state index in [0.717, 1.165) is 16.5 Å². The van der Waals surface area contributed by atoms with E-state index in [1.807, 2.05) is 12.1 Å². The van der Waals surface area contributed by atoms with Gasteiger partial charge in [0.2, 0.25) is 0 Å². The van der Waals surface area contributed by atoms with E-state index in [9.17, 15) is 9.18 Å². The van der Waals surface area contributed by atoms with Crippen molar-refractivity contribution in [3.8, 4) is 0 Å². The molecule has 1 amide bonds. The number of hydrogen-bond donors (Lipinski definition) is 3. The summed E-state index contributed by atoms with van der Waals surface area (Å²) in [4.78, 5) is 15.2. The summed E-state index contributed by atoms with van der Waals surface area (Å²) >= 11 is 0. The van der Waals surface area contributed by atoms with Crippen LogP contribution in [0, 0.1) is 12.7 Å². The summed E-state index contributed by atoms with van der Waals surface area (Å²) in [5.41, 5.74) is 8.78. The number of nitrogens with two attached hydrogens (primary N) is 1. The lowest BCUT2D eigenvalue weighted by atomic mass is 10.2. The average molecular weight is 283 g/mol. The molecule has 0 atom stereocenters. The quantitative estimate of drug-likeness (QED) is 0.630. The first kappa shape index (κ1) is 13.2. The van der Waals surface area contributed by atoms with Crippen LogP contribution in [0.1, 0.15) is 16.1 Å². The number of halogens is 1. The topological polar surface area (TPSA) is 70.9 Å². The van der Waals surface area contributed by atoms with Gasteiger partial charge in [0.25, 0.3) is 5.91 Å². The lowest BCUT2D eigenvalue weighted by molar-refractivity contribution is 0.102. The molecule has 4 nitrogen and oxygen atoms in total. The van der Waals surface area contributed by atoms with Crippen LogP contribution in [-0.4, -0.2) is 10.9 Å². The van der Waals surface area contributed by atoms with Gasteiger partial charge >= 0.3 is 0 Å². The maximum Gasteiger partial charge on any atom is 0.272 e. The number of H-pyrrole nitrogens is 1. The van der Waals surface area contributed by atoms with Crippen LogP contribution in [0.15, 0.2) is 42.5 Å². The van der Waals surface area contributed by atoms with Crippen molar-refractivity contribution < 1.29 is 9.18 Å². The van der Waals surface area contributed by atoms with Gasteiger partial charge in [-0.05, 0) is 36.8 Å². The van der Waals surface area contributed by atoms with Crippen molar-refractivity contribution in [1.29, 1.82) is 0 Å². The molecular weight excluding hydrogens is 269 g/mol. The number of amides is 1. The Hall–Kier alpha value is -2.82. The molecule has 0 bridgehead atoms. The van der Waals surface area contributed by atoms with Crippen LogP contribution in [0.2, 0.25) is 0 Å². The molecule has 0 aliphatic carbocycles. The number of aromatic nitrogens is 1. The molecular formula is C16H14FN3O. The van der Waals surface area contributed by atoms with Crippen LogP contribution in [0.4, 0.5) is 15.8 Å². The van der Waals surface area contributed by atoms with E-state index in [2.05, 4.69) is 10.3 Å². The van der Waals surface area contributed by atoms with E-state index in [4.69, 9.17) is 5.73 Å². The molecule has 0 fully saturated rings. The molecule has 0 unspecified atom stereocenters. The fraction of sp³-hybridized carbons (Fsp3) is 0.0625. The van der Waals surface area contributed by atoms with E-state index < -0.39 is 5.82 Å². The van der Waals surface area contributed by atoms with Crippen molar-refractivity contribution in [2.75, 3.05) is 11.1 Å². The minimum atomic E-state index is -0.392. The minimum Gasteiger partial charge on any atom is -0.397 e. The molecule has 4 N–H and O–H groups in total. The van der Waals surface area contributed by atoms with Gasteiger partial charge in [-0.2, -0.15) is 0 Å². The smallest absolute Gasteiger partial charge is 0.272 e. The molecule has 0 saturated heterocycles. The fourth-order valence-corrected chi connectivity index (χ4v) is 2.22. The normalized spacial score (nSPS) is 10.8. The second-order valence-corrected chi connectivity index (χ2v) is 4.91. The maximum absolute atomic E-state index is 13.2. The van der Waals surface area contributed by atoms with Gasteiger partial charge in [-0.25, -0.2) is 4.39 Å². The Labute approximate surface area is 120 Å². The molecule has 0 aliphatic heterocycles. The average Bonchev–Trinajstić information content (AvgIpc) is 2.88. The molecule has 5 heteroatoms. The number of carbonyl (C=O) groups excluding carboxylic acids is 1. The first-order valence-electron chi connectivity index (χ1n) is 6.49. The van der Waals surface area contributed by atoms with Gasteiger partial charge < -0.3 is 16.0 Å². The molecule has 21 heavy (non-hydrogen) atoms. The zero-order valence-corrected chi connectivity index (χ0v) is 11.4. The fourth-order valence-electron chi connectivity index (χ4n) is 2.22. The number of aryl methyl sites for hydroxylation is 1. The van der Waals surface area contributed by atoms with Crippen LogP contribution in [0.25, 0.3) is 10.9 Å². The summed E-state index contributed by atoms with van der Waals surface area (Å²) < 4.78 is 13.2. The maximum atomic E-state index is 13.2. The number of nitrogens with one attached hydrogen (secondary N) is 2. The zero-order chi connectivity index (χ0) is 15.0. The van der Waals surface area contributed by atoms with E-state index in [-0.39, 0.29) is 5.91 Å². The van der Waals surface area contributed by atoms with Crippen LogP contribution in [-0.2, 0) is 0 Å². The zero-order valence-electron chi connectivity index (χ0n) is 11.4. The van der Waals surface area contributed by atoms with Crippen molar-refractivity contribution in [2.45, 2.75) is 6.92 Å². The summed E-state index contributed by atoms with van der Waals surface area (Å²) in [6.45, 7) is 1.80. The van der Waals surface area contributed by atoms with Gasteiger partial charge in [-0.1, -0.05) is 18.2 Å². The third-order valence-electron chi connectivity index (χ3n) is 3.38. The highest BCUT2D eigenvalue weighted by Crippen LogP contribution is 2.22. The van der Waals surface area contributed by atoms with Crippen molar-refractivity contribution in [3.63, 3.8) is 0 Å². The highest BCUT2D eigenvalue weighted by Gasteiger charge is 2.12. The van der Waals surface area contributed by atoms with Gasteiger partial charge in [0.15, 0.2) is 0 Å². The Balaban J connectivity index is 1.93. The van der Waals surface area contributed by atoms with Gasteiger partial charge in [-0.15, -0.1) is 0 Å². The van der Waals surface area contributed by atoms with Gasteiger partial charge in [0.05, 0.1) is 11.2 Å². The number of fused-ring (bicyclic) bond motifs is 1. The molecule has 3 rings (SSSR count). The molecule has 0 aliphatic rings. The highest BCUT2D eigenvalue weighted by molar-refractivity contribution is 6.07. The van der Waals surface area contributed by atoms with Crippen molar-refractivity contribution >= 4 is 28.2 Å². The summed E-state index contributed by atoms with van der Waals surface area (Å²) in [5.74, 6) is -0.726. The minimum absolute atomic E-state index is 0.334. The third kappa shape index (κ3) is 2.45. The van der Waals surface area contributed by atoms with Gasteiger partial charge in [0.1, 0.15) is 11.5 Å². The molecule has 1 aromatic heterocycles. The molecule has 2 aromatic carbocycles. The van der Waals surface area contributed by atoms with Crippen LogP contribution < -0.4 is 11.1 Å². The third-order valence-corrected chi connectivity index (χ3v) is 3.38. The predicted molar refractivity (Wildman–Crippen MR) is 81.8 cm³/mol. The lowest BCUT2D eigenvalue weighted by Gasteiger charge is -2.07. The van der Waals surface area contributed by atoms with Crippen LogP contribution in [0.5, 0.6) is 0 Å². The lowest BCUT2D eigenvalue weighted by Crippen LogP contribution is -2.13. The molecule has 0 spiro atoms. The number of anilines is 2. The van der Waals surface area contributed by atoms with Crippen molar-refractivity contribution in [2.24, 2.45) is 0 Å². The van der Waals surface area contributed by atoms with Crippen LogP contribution in [0.3, 0.4) is 0 Å². The second kappa shape index (κ2) is 4.94. The number of hydrogen-bond acceptors (Lipinski definition) is 2. The summed E-state index contributed by atoms with van der Waals surface area (Å²) in [7, 11) is 0. The highest BCUT2D eigenvalue weighted by atomic mass is 19.1. The first-order chi connectivity index (χ1) is 10.0. The molecule has 0 radical (unpaired) electrons. The molecule has 106 valence electrons. The number of nitrogen functional groups attached to an aromatic ring is 1. The Morgan fingerprint density at radius 3 is 2.81 bits per heavy atom. The number of para-hydroxylation sites is 1. The first-order valence-corrected chi connectivity index (χ1v) is 6.49. The molecule has 3 aromatic rings. The van der Waals surface area contributed by atoms with Gasteiger partial charge in [-0.3, -0.25) is 4.79 Å². The second-order valence-electron chi connectivity index (χ2n) is 4.91. The SMILES string of the molecule is Cc1ccc(F)cc1NC(=O)c1cc2cccc(N)c2[nH]1. The number of rotatable bonds is 2. The predicted octanol–water partition coefficient (Wildman–Crippen LogP) is 3.45. The Morgan fingerprint density at radius 2 is 2.05 bits per heavy atom. The van der Waals surface area contributed by atoms with E-state index >= 15 is 0 Å². The monoisotopic (exact) mass is 283 g/mol. The summed E-state index contributed by atoms with van der Waals surface area (Å²) in [5, 5.41) is 3.55. The van der Waals surface area contributed by atoms with E-state index in [1.54, 1.807) is 25.1 Å². The van der Waals surface area contributed by atoms with Crippen molar-refractivity contribution in [1.82, 2.24) is 4.98 Å². The molecule has 0 saturated carbocycles. The van der Waals surface area contributed by atoms with E-state index in [0.29, 0.717) is 17.1 Å². The van der Waals surface area contributed by atoms with Gasteiger partial charge in [0, 0.05) is 11.1 Å². The number of aromatic amines is 1. The Bertz CT molecular complexity index is 839. The van der Waals surface area contributed by atoms with Crippen LogP contribution >= 0.6 is 0 Å². The number of carbonyl (C=O) groups is 1. The summed E-state index contributed by atoms with van der Waals surface area (Å²) in [6.07, 6.45) is 0. The standard InChI is InChI=1S/C16H14FN3O/c1-9-5-6-11(17)8-13(9)20-16(21)14-7-10-3-2-4-12(18)15(10)19-14/h2-8,19H,18H2,1H3,(H,20,21). The van der Waals surface area contributed by atoms with E-state index in [1.165, 1.54) is 12.1 Å². The molecule has 1 heterocycles. The van der Waals surface area contributed by atoms with Crippen molar-refractivity contribution in [3.05, 3.63) is 59.5 Å². The largest absolute Gasteiger partial charge is 0.397 e. The Kier molecular flexibility index (Phi) is 3.10. The number of benzene rings is 2.